The molecule has 1 aliphatic rings. The zero-order valence-electron chi connectivity index (χ0n) is 12.2. The van der Waals surface area contributed by atoms with Crippen LogP contribution in [-0.4, -0.2) is 37.5 Å². The van der Waals surface area contributed by atoms with E-state index >= 15 is 0 Å². The molecule has 0 aromatic heterocycles. The first-order valence-corrected chi connectivity index (χ1v) is 8.54. The van der Waals surface area contributed by atoms with Gasteiger partial charge < -0.3 is 4.90 Å². The van der Waals surface area contributed by atoms with E-state index in [1.807, 2.05) is 24.3 Å². The van der Waals surface area contributed by atoms with Crippen molar-refractivity contribution in [2.45, 2.75) is 24.2 Å². The second-order valence-corrected chi connectivity index (χ2v) is 6.83. The van der Waals surface area contributed by atoms with Crippen LogP contribution in [-0.2, 0) is 4.79 Å². The predicted molar refractivity (Wildman–Crippen MR) is 88.2 cm³/mol. The van der Waals surface area contributed by atoms with Gasteiger partial charge in [-0.15, -0.1) is 11.8 Å². The smallest absolute Gasteiger partial charge is 0.240 e. The third-order valence-corrected chi connectivity index (χ3v) is 4.70. The Labute approximate surface area is 134 Å². The Morgan fingerprint density at radius 3 is 2.67 bits per heavy atom. The van der Waals surface area contributed by atoms with Gasteiger partial charge in [0, 0.05) is 40.6 Å². The number of halogens is 1. The summed E-state index contributed by atoms with van der Waals surface area (Å²) in [7, 11) is 2.18. The van der Waals surface area contributed by atoms with Crippen LogP contribution < -0.4 is 10.3 Å². The van der Waals surface area contributed by atoms with Gasteiger partial charge in [0.15, 0.2) is 0 Å². The molecule has 6 heteroatoms. The van der Waals surface area contributed by atoms with E-state index in [2.05, 4.69) is 17.6 Å². The molecule has 0 saturated carbocycles. The van der Waals surface area contributed by atoms with Crippen LogP contribution in [0.15, 0.2) is 34.3 Å². The predicted octanol–water partition coefficient (Wildman–Crippen LogP) is 1.60. The Balaban J connectivity index is 1.65. The molecule has 0 aliphatic carbocycles. The number of likely N-dealkylation sites (tertiary alicyclic amines) is 1. The van der Waals surface area contributed by atoms with Crippen LogP contribution in [0.5, 0.6) is 0 Å². The fraction of sp³-hybridized carbons (Fsp3) is 0.467. The van der Waals surface area contributed by atoms with Crippen LogP contribution in [0.2, 0.25) is 5.02 Å². The Hall–Kier alpha value is -1.04. The van der Waals surface area contributed by atoms with Crippen molar-refractivity contribution in [3.63, 3.8) is 0 Å². The van der Waals surface area contributed by atoms with Gasteiger partial charge in [-0.2, -0.15) is 5.10 Å². The minimum atomic E-state index is -0.0183. The van der Waals surface area contributed by atoms with Crippen LogP contribution in [0.1, 0.15) is 19.3 Å². The quantitative estimate of drug-likeness (QED) is 0.638. The highest BCUT2D eigenvalue weighted by atomic mass is 35.5. The van der Waals surface area contributed by atoms with Crippen molar-refractivity contribution in [3.05, 3.63) is 29.3 Å². The van der Waals surface area contributed by atoms with Crippen LogP contribution in [0, 0.1) is 0 Å². The number of piperidine rings is 1. The zero-order chi connectivity index (χ0) is 15.1. The number of benzene rings is 1. The summed E-state index contributed by atoms with van der Waals surface area (Å²) in [5, 5.41) is 4.96. The number of carbonyl (C=O) groups excluding carboxylic acids is 1. The largest absolute Gasteiger partial charge is 0.337 e. The molecule has 4 nitrogen and oxygen atoms in total. The Kier molecular flexibility index (Phi) is 6.54. The van der Waals surface area contributed by atoms with Crippen LogP contribution in [0.3, 0.4) is 0 Å². The molecule has 21 heavy (non-hydrogen) atoms. The number of rotatable bonds is 5. The molecule has 1 saturated heterocycles. The van der Waals surface area contributed by atoms with E-state index in [9.17, 15) is 4.79 Å². The van der Waals surface area contributed by atoms with Gasteiger partial charge in [0.1, 0.15) is 0 Å². The molecule has 0 spiro atoms. The first-order valence-electron chi connectivity index (χ1n) is 7.17. The molecular weight excluding hydrogens is 306 g/mol. The van der Waals surface area contributed by atoms with Crippen molar-refractivity contribution in [2.75, 3.05) is 25.9 Å². The number of carbonyl (C=O) groups is 1. The molecule has 1 aromatic rings. The second-order valence-electron chi connectivity index (χ2n) is 5.22. The van der Waals surface area contributed by atoms with E-state index in [0.717, 1.165) is 47.3 Å². The van der Waals surface area contributed by atoms with Gasteiger partial charge in [0.2, 0.25) is 5.91 Å². The Morgan fingerprint density at radius 1 is 1.33 bits per heavy atom. The van der Waals surface area contributed by atoms with E-state index in [1.165, 1.54) is 4.90 Å². The second kappa shape index (κ2) is 8.41. The Morgan fingerprint density at radius 2 is 2.00 bits per heavy atom. The lowest BCUT2D eigenvalue weighted by molar-refractivity contribution is -0.880. The average molecular weight is 327 g/mol. The molecule has 114 valence electrons. The van der Waals surface area contributed by atoms with Crippen molar-refractivity contribution < 1.29 is 9.69 Å². The average Bonchev–Trinajstić information content (AvgIpc) is 2.49. The van der Waals surface area contributed by atoms with Crippen molar-refractivity contribution in [3.8, 4) is 0 Å². The maximum atomic E-state index is 11.7. The molecule has 0 radical (unpaired) electrons. The number of hydrazone groups is 1. The zero-order valence-corrected chi connectivity index (χ0v) is 13.8. The first-order chi connectivity index (χ1) is 10.1. The van der Waals surface area contributed by atoms with Crippen molar-refractivity contribution >= 4 is 35.0 Å². The molecule has 2 N–H and O–H groups in total. The normalized spacial score (nSPS) is 18.4. The number of hydrogen-bond donors (Lipinski definition) is 2. The number of hydrogen-bond acceptors (Lipinski definition) is 3. The molecule has 0 atom stereocenters. The lowest BCUT2D eigenvalue weighted by atomic mass is 10.1. The molecule has 0 bridgehead atoms. The molecule has 1 aliphatic heterocycles. The van der Waals surface area contributed by atoms with E-state index in [0.29, 0.717) is 6.42 Å². The monoisotopic (exact) mass is 326 g/mol. The highest BCUT2D eigenvalue weighted by Crippen LogP contribution is 2.20. The molecular formula is C15H21ClN3OS+. The summed E-state index contributed by atoms with van der Waals surface area (Å²) in [6.45, 7) is 2.20. The maximum absolute atomic E-state index is 11.7. The number of quaternary nitrogens is 1. The fourth-order valence-electron chi connectivity index (χ4n) is 2.07. The van der Waals surface area contributed by atoms with Crippen LogP contribution >= 0.6 is 23.4 Å². The lowest BCUT2D eigenvalue weighted by Crippen LogP contribution is -3.10. The van der Waals surface area contributed by atoms with Crippen LogP contribution in [0.4, 0.5) is 0 Å². The van der Waals surface area contributed by atoms with E-state index in [4.69, 9.17) is 11.6 Å². The van der Waals surface area contributed by atoms with Crippen molar-refractivity contribution in [1.82, 2.24) is 5.43 Å². The van der Waals surface area contributed by atoms with E-state index in [1.54, 1.807) is 11.8 Å². The SMILES string of the molecule is C[NH+]1CCC(=NNC(=O)CCSc2ccc(Cl)cc2)CC1. The number of amides is 1. The summed E-state index contributed by atoms with van der Waals surface area (Å²) in [6.07, 6.45) is 2.42. The minimum absolute atomic E-state index is 0.0183. The number of nitrogens with zero attached hydrogens (tertiary/aromatic N) is 1. The summed E-state index contributed by atoms with van der Waals surface area (Å²) in [5.41, 5.74) is 3.78. The van der Waals surface area contributed by atoms with Gasteiger partial charge in [-0.3, -0.25) is 4.79 Å². The summed E-state index contributed by atoms with van der Waals surface area (Å²) < 4.78 is 0. The summed E-state index contributed by atoms with van der Waals surface area (Å²) in [5.74, 6) is 0.723. The molecule has 1 heterocycles. The highest BCUT2D eigenvalue weighted by molar-refractivity contribution is 7.99. The molecule has 2 rings (SSSR count). The third-order valence-electron chi connectivity index (χ3n) is 3.43. The highest BCUT2D eigenvalue weighted by Gasteiger charge is 2.14. The maximum Gasteiger partial charge on any atom is 0.240 e. The number of thioether (sulfide) groups is 1. The van der Waals surface area contributed by atoms with Crippen molar-refractivity contribution in [1.29, 1.82) is 0 Å². The minimum Gasteiger partial charge on any atom is -0.337 e. The lowest BCUT2D eigenvalue weighted by Gasteiger charge is -2.20. The van der Waals surface area contributed by atoms with E-state index in [-0.39, 0.29) is 5.91 Å². The van der Waals surface area contributed by atoms with Gasteiger partial charge in [-0.1, -0.05) is 11.6 Å². The number of nitrogens with one attached hydrogen (secondary N) is 2. The summed E-state index contributed by atoms with van der Waals surface area (Å²) in [4.78, 5) is 14.4. The van der Waals surface area contributed by atoms with Crippen LogP contribution in [0.25, 0.3) is 0 Å². The third kappa shape index (κ3) is 6.08. The topological polar surface area (TPSA) is 45.9 Å². The molecule has 1 aromatic carbocycles. The molecule has 1 fully saturated rings. The van der Waals surface area contributed by atoms with Gasteiger partial charge in [-0.25, -0.2) is 5.43 Å². The summed E-state index contributed by atoms with van der Waals surface area (Å²) >= 11 is 7.48. The van der Waals surface area contributed by atoms with Gasteiger partial charge >= 0.3 is 0 Å². The first kappa shape index (κ1) is 16.3. The van der Waals surface area contributed by atoms with E-state index < -0.39 is 0 Å². The van der Waals surface area contributed by atoms with Gasteiger partial charge in [-0.05, 0) is 24.3 Å². The summed E-state index contributed by atoms with van der Waals surface area (Å²) in [6, 6.07) is 7.65. The van der Waals surface area contributed by atoms with Gasteiger partial charge in [0.25, 0.3) is 0 Å². The Bertz CT molecular complexity index is 494. The van der Waals surface area contributed by atoms with Crippen molar-refractivity contribution in [2.24, 2.45) is 5.10 Å². The van der Waals surface area contributed by atoms with Gasteiger partial charge in [0.05, 0.1) is 20.1 Å². The standard InChI is InChI=1S/C15H20ClN3OS/c1-19-9-6-13(7-10-19)17-18-15(20)8-11-21-14-4-2-12(16)3-5-14/h2-5H,6-11H2,1H3,(H,18,20)/p+1. The molecule has 1 amide bonds. The fourth-order valence-corrected chi connectivity index (χ4v) is 3.04. The molecule has 0 unspecified atom stereocenters.